The summed E-state index contributed by atoms with van der Waals surface area (Å²) in [5.74, 6) is -1.24. The number of ether oxygens (including phenoxy) is 1. The van der Waals surface area contributed by atoms with Crippen molar-refractivity contribution in [2.75, 3.05) is 44.7 Å². The Bertz CT molecular complexity index is 1090. The Kier molecular flexibility index (Phi) is 12.0. The molecule has 0 saturated carbocycles. The largest absolute Gasteiger partial charge is 0.507 e. The highest BCUT2D eigenvalue weighted by Crippen LogP contribution is 2.35. The molecule has 0 saturated heterocycles. The lowest BCUT2D eigenvalue weighted by Gasteiger charge is -2.31. The molecule has 210 valence electrons. The lowest BCUT2D eigenvalue weighted by molar-refractivity contribution is -0.122. The zero-order valence-corrected chi connectivity index (χ0v) is 23.4. The fraction of sp³-hybridized carbons (Fsp3) is 0.500. The first kappa shape index (κ1) is 31.0. The lowest BCUT2D eigenvalue weighted by Crippen LogP contribution is -2.55. The van der Waals surface area contributed by atoms with E-state index in [1.807, 2.05) is 13.8 Å². The predicted octanol–water partition coefficient (Wildman–Crippen LogP) is 3.35. The number of amidine groups is 1. The quantitative estimate of drug-likeness (QED) is 0.110. The molecular formula is C28H43FN6O3. The fourth-order valence-electron chi connectivity index (χ4n) is 4.20. The summed E-state index contributed by atoms with van der Waals surface area (Å²) >= 11 is 0. The average molecular weight is 531 g/mol. The molecule has 9 nitrogen and oxygen atoms in total. The van der Waals surface area contributed by atoms with Crippen LogP contribution in [0.1, 0.15) is 57.2 Å². The Hall–Kier alpha value is -3.21. The average Bonchev–Trinajstić information content (AvgIpc) is 2.88. The van der Waals surface area contributed by atoms with Crippen molar-refractivity contribution in [2.45, 2.75) is 53.2 Å². The van der Waals surface area contributed by atoms with Gasteiger partial charge in [0.2, 0.25) is 0 Å². The van der Waals surface area contributed by atoms with Crippen molar-refractivity contribution in [2.24, 2.45) is 5.73 Å². The van der Waals surface area contributed by atoms with Crippen molar-refractivity contribution in [1.82, 2.24) is 15.5 Å². The predicted molar refractivity (Wildman–Crippen MR) is 151 cm³/mol. The van der Waals surface area contributed by atoms with Crippen molar-refractivity contribution < 1.29 is 19.0 Å². The minimum absolute atomic E-state index is 0.0210. The van der Waals surface area contributed by atoms with Crippen LogP contribution in [0.2, 0.25) is 0 Å². The molecule has 1 amide bonds. The van der Waals surface area contributed by atoms with Crippen LogP contribution in [0.3, 0.4) is 0 Å². The summed E-state index contributed by atoms with van der Waals surface area (Å²) in [4.78, 5) is 16.1. The molecule has 1 unspecified atom stereocenters. The normalized spacial score (nSPS) is 12.1. The number of nitrogens with two attached hydrogens (primary N) is 1. The van der Waals surface area contributed by atoms with Crippen molar-refractivity contribution in [3.05, 3.63) is 52.8 Å². The smallest absolute Gasteiger partial charge is 0.257 e. The molecule has 0 bridgehead atoms. The number of hydrogen-bond donors (Lipinski definition) is 5. The molecule has 2 aromatic rings. The third-order valence-corrected chi connectivity index (χ3v) is 6.34. The number of carbonyl (C=O) groups excluding carboxylic acids is 1. The highest BCUT2D eigenvalue weighted by molar-refractivity contribution is 6.12. The zero-order valence-electron chi connectivity index (χ0n) is 23.4. The lowest BCUT2D eigenvalue weighted by atomic mass is 9.97. The fourth-order valence-corrected chi connectivity index (χ4v) is 4.20. The van der Waals surface area contributed by atoms with Gasteiger partial charge in [-0.05, 0) is 55.3 Å². The molecule has 0 aromatic heterocycles. The third kappa shape index (κ3) is 7.66. The molecule has 2 rings (SSSR count). The first-order valence-electron chi connectivity index (χ1n) is 13.1. The number of methoxy groups -OCH3 is 1. The minimum Gasteiger partial charge on any atom is -0.507 e. The molecular weight excluding hydrogens is 487 g/mol. The number of amides is 1. The molecule has 0 aliphatic rings. The van der Waals surface area contributed by atoms with Gasteiger partial charge >= 0.3 is 0 Å². The number of phenols is 1. The van der Waals surface area contributed by atoms with Crippen molar-refractivity contribution in [3.8, 4) is 11.5 Å². The second kappa shape index (κ2) is 14.7. The number of nitrogens with zero attached hydrogens (tertiary/aromatic N) is 2. The summed E-state index contributed by atoms with van der Waals surface area (Å²) < 4.78 is 21.0. The minimum atomic E-state index is -1.40. The molecule has 1 atom stereocenters. The number of hydrogen-bond acceptors (Lipinski definition) is 7. The summed E-state index contributed by atoms with van der Waals surface area (Å²) in [5, 5.41) is 25.6. The number of rotatable bonds is 14. The van der Waals surface area contributed by atoms with Gasteiger partial charge in [0.25, 0.3) is 5.91 Å². The van der Waals surface area contributed by atoms with Gasteiger partial charge in [-0.15, -0.1) is 0 Å². The molecule has 6 N–H and O–H groups in total. The van der Waals surface area contributed by atoms with Crippen LogP contribution in [0.25, 0.3) is 0 Å². The zero-order chi connectivity index (χ0) is 28.4. The molecule has 2 aromatic carbocycles. The molecule has 0 spiro atoms. The Labute approximate surface area is 225 Å². The summed E-state index contributed by atoms with van der Waals surface area (Å²) in [6.07, 6.45) is -1.40. The molecule has 0 aliphatic carbocycles. The molecule has 0 heterocycles. The second-order valence-corrected chi connectivity index (χ2v) is 9.33. The first-order valence-corrected chi connectivity index (χ1v) is 13.1. The highest BCUT2D eigenvalue weighted by Gasteiger charge is 2.30. The summed E-state index contributed by atoms with van der Waals surface area (Å²) in [6.45, 7) is 14.0. The van der Waals surface area contributed by atoms with Gasteiger partial charge in [-0.25, -0.2) is 4.39 Å². The number of aromatic hydroxyl groups is 1. The van der Waals surface area contributed by atoms with E-state index in [9.17, 15) is 9.90 Å². The molecule has 10 heteroatoms. The van der Waals surface area contributed by atoms with Gasteiger partial charge in [0.1, 0.15) is 23.2 Å². The van der Waals surface area contributed by atoms with Crippen LogP contribution in [0, 0.1) is 11.2 Å². The summed E-state index contributed by atoms with van der Waals surface area (Å²) in [5.41, 5.74) is 7.88. The Morgan fingerprint density at radius 3 is 2.45 bits per heavy atom. The van der Waals surface area contributed by atoms with E-state index >= 15 is 4.39 Å². The van der Waals surface area contributed by atoms with Gasteiger partial charge < -0.3 is 26.2 Å². The van der Waals surface area contributed by atoms with Crippen LogP contribution >= 0.6 is 0 Å². The maximum absolute atomic E-state index is 15.6. The van der Waals surface area contributed by atoms with Gasteiger partial charge in [-0.1, -0.05) is 33.8 Å². The number of benzene rings is 2. The standard InChI is InChI=1S/C28H43FN6O3/c1-7-32-12-13-34(9-3)17-19-10-11-23(22(29)14-19)35(27(31)28(37)33-8-2)26(30)21-15-20(18(4)5)25(38-6)16-24(21)36/h10-11,14-16,18,27,30,32,36H,7-9,12-13,17,31H2,1-6H3,(H,33,37). The van der Waals surface area contributed by atoms with Crippen LogP contribution in [0.4, 0.5) is 10.1 Å². The van der Waals surface area contributed by atoms with Crippen molar-refractivity contribution >= 4 is 17.4 Å². The SMILES string of the molecule is CCNCCN(CC)Cc1ccc(N(C(=N)c2cc(C(C)C)c(OC)cc2O)C(N)C(=O)NCC)c(F)c1. The highest BCUT2D eigenvalue weighted by atomic mass is 19.1. The number of nitrogens with one attached hydrogen (secondary N) is 3. The van der Waals surface area contributed by atoms with E-state index in [1.165, 1.54) is 25.3 Å². The monoisotopic (exact) mass is 530 g/mol. The molecule has 0 radical (unpaired) electrons. The van der Waals surface area contributed by atoms with Gasteiger partial charge in [0.15, 0.2) is 6.17 Å². The Morgan fingerprint density at radius 1 is 1.18 bits per heavy atom. The van der Waals surface area contributed by atoms with Crippen LogP contribution in [-0.2, 0) is 11.3 Å². The van der Waals surface area contributed by atoms with Crippen molar-refractivity contribution in [1.29, 1.82) is 5.41 Å². The molecule has 38 heavy (non-hydrogen) atoms. The van der Waals surface area contributed by atoms with Gasteiger partial charge in [0, 0.05) is 32.2 Å². The van der Waals surface area contributed by atoms with E-state index in [-0.39, 0.29) is 28.8 Å². The number of carbonyl (C=O) groups is 1. The van der Waals surface area contributed by atoms with E-state index in [1.54, 1.807) is 19.1 Å². The van der Waals surface area contributed by atoms with E-state index in [2.05, 4.69) is 29.4 Å². The van der Waals surface area contributed by atoms with Gasteiger partial charge in [0.05, 0.1) is 18.4 Å². The number of likely N-dealkylation sites (N-methyl/N-ethyl adjacent to an activating group) is 3. The van der Waals surface area contributed by atoms with Crippen LogP contribution < -0.4 is 26.0 Å². The first-order chi connectivity index (χ1) is 18.1. The van der Waals surface area contributed by atoms with Gasteiger partial charge in [-0.3, -0.25) is 20.0 Å². The second-order valence-electron chi connectivity index (χ2n) is 9.33. The van der Waals surface area contributed by atoms with Crippen molar-refractivity contribution in [3.63, 3.8) is 0 Å². The maximum Gasteiger partial charge on any atom is 0.257 e. The summed E-state index contributed by atoms with van der Waals surface area (Å²) in [7, 11) is 1.50. The molecule has 0 fully saturated rings. The number of anilines is 1. The van der Waals surface area contributed by atoms with E-state index in [0.29, 0.717) is 18.8 Å². The number of halogens is 1. The Morgan fingerprint density at radius 2 is 1.89 bits per heavy atom. The van der Waals surface area contributed by atoms with E-state index in [4.69, 9.17) is 15.9 Å². The van der Waals surface area contributed by atoms with Crippen LogP contribution in [0.5, 0.6) is 11.5 Å². The van der Waals surface area contributed by atoms with Crippen LogP contribution in [-0.4, -0.2) is 67.7 Å². The third-order valence-electron chi connectivity index (χ3n) is 6.34. The van der Waals surface area contributed by atoms with E-state index in [0.717, 1.165) is 42.2 Å². The van der Waals surface area contributed by atoms with Gasteiger partial charge in [-0.2, -0.15) is 0 Å². The Balaban J connectivity index is 2.52. The summed E-state index contributed by atoms with van der Waals surface area (Å²) in [6, 6.07) is 7.74. The van der Waals surface area contributed by atoms with Crippen LogP contribution in [0.15, 0.2) is 30.3 Å². The van der Waals surface area contributed by atoms with E-state index < -0.39 is 17.9 Å². The molecule has 0 aliphatic heterocycles. The number of phenolic OH excluding ortho intramolecular Hbond substituents is 1. The topological polar surface area (TPSA) is 127 Å². The maximum atomic E-state index is 15.6.